The Kier molecular flexibility index (Phi) is 481000. The van der Waals surface area contributed by atoms with Gasteiger partial charge in [0.1, 0.15) is 0 Å². The van der Waals surface area contributed by atoms with E-state index in [1.807, 2.05) is 0 Å². The molecular formula is H34Cl4Cr2N8O6. The summed E-state index contributed by atoms with van der Waals surface area (Å²) in [5, 5.41) is 0. The van der Waals surface area contributed by atoms with Crippen molar-refractivity contribution in [3.63, 3.8) is 0 Å². The largest absolute Gasteiger partial charge is 3.00 e. The van der Waals surface area contributed by atoms with Gasteiger partial charge in [0, 0.05) is 0 Å². The first-order valence-electron chi connectivity index (χ1n) is 0. The maximum absolute atomic E-state index is 0. The molecule has 0 aromatic rings. The van der Waals surface area contributed by atoms with Crippen LogP contribution in [0, 0.1) is 0 Å². The van der Waals surface area contributed by atoms with Crippen LogP contribution in [0.25, 0.3) is 0 Å². The van der Waals surface area contributed by atoms with Gasteiger partial charge in [0.05, 0.1) is 0 Å². The van der Waals surface area contributed by atoms with Crippen molar-refractivity contribution in [2.24, 2.45) is 0 Å². The summed E-state index contributed by atoms with van der Waals surface area (Å²) >= 11 is 0. The minimum Gasteiger partial charge on any atom is -1.00 e. The smallest absolute Gasteiger partial charge is 1.00 e. The van der Waals surface area contributed by atoms with Crippen LogP contribution < -0.4 is 98.8 Å². The average Bonchev–Trinajstić information content (AvgIpc) is 0. The molecule has 0 unspecified atom stereocenters. The van der Waals surface area contributed by atoms with Gasteiger partial charge in [-0.3, -0.25) is 0 Å². The minimum absolute atomic E-state index is 0. The molecule has 0 bridgehead atoms. The first-order valence-corrected chi connectivity index (χ1v) is 0. The summed E-state index contributed by atoms with van der Waals surface area (Å²) in [5.41, 5.74) is 0. The number of rotatable bonds is 0. The molecule has 0 aromatic heterocycles. The van der Waals surface area contributed by atoms with E-state index in [9.17, 15) is 0 Å². The third kappa shape index (κ3) is 2470. The van der Waals surface area contributed by atoms with Gasteiger partial charge >= 0.3 is 34.7 Å². The summed E-state index contributed by atoms with van der Waals surface area (Å²) in [6.45, 7) is 0. The van der Waals surface area contributed by atoms with E-state index in [4.69, 9.17) is 0 Å². The van der Waals surface area contributed by atoms with E-state index in [1.165, 1.54) is 0 Å². The van der Waals surface area contributed by atoms with Crippen LogP contribution >= 0.6 is 0 Å². The molecule has 0 rings (SSSR count). The SMILES string of the molecule is N.N.N.N.N.N.N.N.O.O.O.O.[Cl-].[Cl-].[Cl-].[Cl-].[Cr+3].[Cr+3].[OH-].[OH-]. The van der Waals surface area contributed by atoms with Gasteiger partial charge in [-0.15, -0.1) is 0 Å². The Bertz CT molecular complexity index is 36.9. The first-order chi connectivity index (χ1) is 0. The van der Waals surface area contributed by atoms with E-state index in [2.05, 4.69) is 0 Å². The summed E-state index contributed by atoms with van der Waals surface area (Å²) in [6.07, 6.45) is 0. The monoisotopic (exact) mass is 486 g/mol. The summed E-state index contributed by atoms with van der Waals surface area (Å²) in [4.78, 5) is 0. The third-order valence-electron chi connectivity index (χ3n) is 0. The van der Waals surface area contributed by atoms with Crippen LogP contribution in [0.4, 0.5) is 0 Å². The molecule has 150 valence electrons. The Morgan fingerprint density at radius 1 is 0.250 bits per heavy atom. The van der Waals surface area contributed by atoms with Crippen LogP contribution in [0.3, 0.4) is 0 Å². The molecule has 20 heavy (non-hydrogen) atoms. The van der Waals surface area contributed by atoms with Crippen molar-refractivity contribution in [2.45, 2.75) is 0 Å². The van der Waals surface area contributed by atoms with E-state index >= 15 is 0 Å². The molecule has 0 amide bonds. The standard InChI is InChI=1S/4ClH.2Cr.8H3N.6H2O/h4*1H;;;8*1H3;6*1H2/q;;;;2*+3;;;;;;;;;;;;;;/p-6. The maximum atomic E-state index is 0. The van der Waals surface area contributed by atoms with Crippen molar-refractivity contribution in [3.05, 3.63) is 0 Å². The fourth-order valence-electron chi connectivity index (χ4n) is 0. The van der Waals surface area contributed by atoms with E-state index in [0.717, 1.165) is 0 Å². The molecule has 0 atom stereocenters. The summed E-state index contributed by atoms with van der Waals surface area (Å²) in [7, 11) is 0. The van der Waals surface area contributed by atoms with Gasteiger partial charge in [0.2, 0.25) is 0 Å². The average molecular weight is 488 g/mol. The zero-order chi connectivity index (χ0) is 0. The van der Waals surface area contributed by atoms with Crippen LogP contribution in [0.1, 0.15) is 0 Å². The summed E-state index contributed by atoms with van der Waals surface area (Å²) in [6, 6.07) is 0. The van der Waals surface area contributed by atoms with Crippen molar-refractivity contribution in [2.75, 3.05) is 0 Å². The normalized spacial score (nSPS) is 0. The van der Waals surface area contributed by atoms with Gasteiger partial charge < -0.3 is 132 Å². The molecule has 0 saturated heterocycles. The van der Waals surface area contributed by atoms with Crippen LogP contribution in [0.2, 0.25) is 0 Å². The zero-order valence-electron chi connectivity index (χ0n) is 10.9. The molecule has 0 saturated carbocycles. The molecule has 0 aliphatic heterocycles. The first kappa shape index (κ1) is 3340. The predicted molar refractivity (Wildman–Crippen MR) is 58.5 cm³/mol. The van der Waals surface area contributed by atoms with Gasteiger partial charge in [-0.1, -0.05) is 0 Å². The Balaban J connectivity index is 0. The molecule has 0 fully saturated rings. The van der Waals surface area contributed by atoms with E-state index < -0.39 is 0 Å². The van der Waals surface area contributed by atoms with Crippen molar-refractivity contribution in [1.82, 2.24) is 49.2 Å². The van der Waals surface area contributed by atoms with Crippen LogP contribution in [-0.4, -0.2) is 32.9 Å². The number of hydrogen-bond donors (Lipinski definition) is 8. The molecule has 34 N–H and O–H groups in total. The van der Waals surface area contributed by atoms with Gasteiger partial charge in [-0.25, -0.2) is 0 Å². The van der Waals surface area contributed by atoms with Gasteiger partial charge in [0.25, 0.3) is 0 Å². The maximum Gasteiger partial charge on any atom is 3.00 e. The topological polar surface area (TPSA) is 466 Å². The van der Waals surface area contributed by atoms with Crippen LogP contribution in [-0.2, 0) is 34.7 Å². The molecular weight excluding hydrogens is 454 g/mol. The van der Waals surface area contributed by atoms with E-state index in [-0.39, 0.29) is 166 Å². The minimum atomic E-state index is 0. The number of halogens is 4. The van der Waals surface area contributed by atoms with E-state index in [1.54, 1.807) is 0 Å². The second-order valence-electron chi connectivity index (χ2n) is 0. The molecule has 0 heterocycles. The van der Waals surface area contributed by atoms with Crippen molar-refractivity contribution in [1.29, 1.82) is 0 Å². The van der Waals surface area contributed by atoms with Crippen molar-refractivity contribution in [3.8, 4) is 0 Å². The molecule has 0 aromatic carbocycles. The summed E-state index contributed by atoms with van der Waals surface area (Å²) < 4.78 is 0. The zero-order valence-corrected chi connectivity index (χ0v) is 16.5. The fourth-order valence-corrected chi connectivity index (χ4v) is 0. The van der Waals surface area contributed by atoms with Crippen LogP contribution in [0.5, 0.6) is 0 Å². The van der Waals surface area contributed by atoms with Crippen LogP contribution in [0.15, 0.2) is 0 Å². The van der Waals surface area contributed by atoms with Gasteiger partial charge in [-0.05, 0) is 0 Å². The molecule has 0 aliphatic rings. The molecule has 0 spiro atoms. The van der Waals surface area contributed by atoms with Gasteiger partial charge in [0.15, 0.2) is 0 Å². The van der Waals surface area contributed by atoms with E-state index in [0.29, 0.717) is 0 Å². The quantitative estimate of drug-likeness (QED) is 0.159. The predicted octanol–water partition coefficient (Wildman–Crippen LogP) is -14.3. The number of hydrogen-bond acceptors (Lipinski definition) is 10. The van der Waals surface area contributed by atoms with Crippen molar-refractivity contribution >= 4 is 0 Å². The second kappa shape index (κ2) is 2880. The van der Waals surface area contributed by atoms with Crippen molar-refractivity contribution < 1.29 is 117 Å². The molecule has 2 radical (unpaired) electrons. The Morgan fingerprint density at radius 3 is 0.250 bits per heavy atom. The molecule has 0 aliphatic carbocycles. The Labute approximate surface area is 166 Å². The molecule has 20 heteroatoms. The Morgan fingerprint density at radius 2 is 0.250 bits per heavy atom. The van der Waals surface area contributed by atoms with Gasteiger partial charge in [-0.2, -0.15) is 0 Å². The second-order valence-corrected chi connectivity index (χ2v) is 0. The molecule has 14 nitrogen and oxygen atoms in total. The third-order valence-corrected chi connectivity index (χ3v) is 0. The fraction of sp³-hybridized carbons (Fsp3) is 0. The summed E-state index contributed by atoms with van der Waals surface area (Å²) in [5.74, 6) is 0. The Hall–Kier alpha value is 1.66.